The lowest BCUT2D eigenvalue weighted by atomic mass is 10.0. The van der Waals surface area contributed by atoms with Crippen LogP contribution in [-0.2, 0) is 27.7 Å². The van der Waals surface area contributed by atoms with E-state index in [-0.39, 0.29) is 36.8 Å². The number of carbonyl (C=O) groups is 3. The van der Waals surface area contributed by atoms with Crippen molar-refractivity contribution in [3.05, 3.63) is 0 Å². The van der Waals surface area contributed by atoms with Crippen molar-refractivity contribution in [2.75, 3.05) is 19.8 Å². The fraction of sp³-hybridized carbons (Fsp3) is 0.750. The van der Waals surface area contributed by atoms with Crippen molar-refractivity contribution in [2.24, 2.45) is 5.92 Å². The zero-order valence-corrected chi connectivity index (χ0v) is 13.1. The standard InChI is InChI=1S/C12H22O6Si/c1-6-16-19(11(5)15,17-7-2)18-8-12(9(3)13)10(4)14/h12H,6-8H2,1-5H3. The molecule has 0 aromatic carbocycles. The van der Waals surface area contributed by atoms with E-state index in [0.29, 0.717) is 0 Å². The minimum absolute atomic E-state index is 0.184. The average molecular weight is 290 g/mol. The molecular weight excluding hydrogens is 268 g/mol. The van der Waals surface area contributed by atoms with E-state index in [1.165, 1.54) is 20.8 Å². The first kappa shape index (κ1) is 18.1. The normalized spacial score (nSPS) is 11.7. The molecule has 0 aliphatic heterocycles. The first-order valence-electron chi connectivity index (χ1n) is 6.24. The molecule has 0 heterocycles. The molecule has 0 aromatic rings. The van der Waals surface area contributed by atoms with E-state index in [1.54, 1.807) is 13.8 Å². The van der Waals surface area contributed by atoms with Gasteiger partial charge in [0, 0.05) is 13.2 Å². The van der Waals surface area contributed by atoms with Crippen LogP contribution in [0.25, 0.3) is 0 Å². The molecule has 7 heteroatoms. The Labute approximate surface area is 114 Å². The van der Waals surface area contributed by atoms with Gasteiger partial charge >= 0.3 is 8.80 Å². The molecule has 0 saturated heterocycles. The molecule has 0 unspecified atom stereocenters. The summed E-state index contributed by atoms with van der Waals surface area (Å²) in [6.07, 6.45) is 0. The number of ketones is 2. The Balaban J connectivity index is 4.95. The predicted octanol–water partition coefficient (Wildman–Crippen LogP) is 0.937. The van der Waals surface area contributed by atoms with Crippen molar-refractivity contribution in [2.45, 2.75) is 34.6 Å². The van der Waals surface area contributed by atoms with Gasteiger partial charge in [0.1, 0.15) is 11.6 Å². The maximum Gasteiger partial charge on any atom is 0.574 e. The van der Waals surface area contributed by atoms with E-state index in [1.807, 2.05) is 0 Å². The van der Waals surface area contributed by atoms with E-state index >= 15 is 0 Å². The quantitative estimate of drug-likeness (QED) is 0.440. The van der Waals surface area contributed by atoms with Gasteiger partial charge in [-0.05, 0) is 34.6 Å². The number of hydrogen-bond acceptors (Lipinski definition) is 6. The Kier molecular flexibility index (Phi) is 7.92. The van der Waals surface area contributed by atoms with Crippen LogP contribution in [0.4, 0.5) is 0 Å². The summed E-state index contributed by atoms with van der Waals surface area (Å²) in [4.78, 5) is 34.4. The van der Waals surface area contributed by atoms with E-state index in [0.717, 1.165) is 0 Å². The van der Waals surface area contributed by atoms with Crippen LogP contribution in [0.2, 0.25) is 0 Å². The fourth-order valence-electron chi connectivity index (χ4n) is 1.52. The molecule has 0 aliphatic carbocycles. The number of carbonyl (C=O) groups excluding carboxylic acids is 3. The molecule has 0 bridgehead atoms. The SMILES string of the molecule is CCO[Si](OCC)(OCC(C(C)=O)C(C)=O)C(C)=O. The minimum atomic E-state index is -3.47. The van der Waals surface area contributed by atoms with Gasteiger partial charge in [-0.1, -0.05) is 0 Å². The maximum atomic E-state index is 11.7. The molecule has 110 valence electrons. The van der Waals surface area contributed by atoms with Crippen LogP contribution < -0.4 is 0 Å². The van der Waals surface area contributed by atoms with Gasteiger partial charge in [-0.25, -0.2) is 0 Å². The van der Waals surface area contributed by atoms with Crippen molar-refractivity contribution >= 4 is 25.8 Å². The molecule has 0 spiro atoms. The van der Waals surface area contributed by atoms with Crippen LogP contribution in [-0.4, -0.2) is 45.6 Å². The lowest BCUT2D eigenvalue weighted by Crippen LogP contribution is -2.54. The molecule has 0 aromatic heterocycles. The van der Waals surface area contributed by atoms with Gasteiger partial charge in [0.2, 0.25) is 0 Å². The first-order chi connectivity index (χ1) is 8.80. The van der Waals surface area contributed by atoms with Crippen molar-refractivity contribution in [3.8, 4) is 0 Å². The van der Waals surface area contributed by atoms with Crippen molar-refractivity contribution in [1.82, 2.24) is 0 Å². The van der Waals surface area contributed by atoms with Gasteiger partial charge in [-0.2, -0.15) is 0 Å². The monoisotopic (exact) mass is 290 g/mol. The number of rotatable bonds is 10. The lowest BCUT2D eigenvalue weighted by Gasteiger charge is -2.27. The third-order valence-corrected chi connectivity index (χ3v) is 5.27. The summed E-state index contributed by atoms with van der Waals surface area (Å²) in [5.74, 6) is -1.48. The second-order valence-corrected chi connectivity index (χ2v) is 6.75. The number of Topliss-reactive ketones (excluding diaryl/α,β-unsaturated/α-hetero) is 2. The first-order valence-corrected chi connectivity index (χ1v) is 7.97. The van der Waals surface area contributed by atoms with Gasteiger partial charge in [0.25, 0.3) is 0 Å². The van der Waals surface area contributed by atoms with E-state index in [4.69, 9.17) is 13.3 Å². The molecular formula is C12H22O6Si. The molecule has 0 amide bonds. The molecule has 19 heavy (non-hydrogen) atoms. The number of hydrogen-bond donors (Lipinski definition) is 0. The summed E-state index contributed by atoms with van der Waals surface area (Å²) in [7, 11) is -3.47. The van der Waals surface area contributed by atoms with Crippen molar-refractivity contribution in [3.63, 3.8) is 0 Å². The van der Waals surface area contributed by atoms with Gasteiger partial charge in [-0.3, -0.25) is 14.4 Å². The van der Waals surface area contributed by atoms with Crippen LogP contribution in [0.5, 0.6) is 0 Å². The second kappa shape index (κ2) is 8.31. The summed E-state index contributed by atoms with van der Waals surface area (Å²) >= 11 is 0. The minimum Gasteiger partial charge on any atom is -0.369 e. The van der Waals surface area contributed by atoms with Gasteiger partial charge in [-0.15, -0.1) is 0 Å². The summed E-state index contributed by atoms with van der Waals surface area (Å²) in [6, 6.07) is 0. The largest absolute Gasteiger partial charge is 0.574 e. The third kappa shape index (κ3) is 5.31. The Hall–Kier alpha value is -0.893. The zero-order chi connectivity index (χ0) is 15.1. The summed E-state index contributed by atoms with van der Waals surface area (Å²) in [5, 5.41) is -0.331. The van der Waals surface area contributed by atoms with Gasteiger partial charge in [0.15, 0.2) is 5.41 Å². The fourth-order valence-corrected chi connectivity index (χ4v) is 3.53. The highest BCUT2D eigenvalue weighted by Gasteiger charge is 2.48. The van der Waals surface area contributed by atoms with E-state index < -0.39 is 14.7 Å². The maximum absolute atomic E-state index is 11.7. The highest BCUT2D eigenvalue weighted by molar-refractivity contribution is 6.92. The highest BCUT2D eigenvalue weighted by atomic mass is 28.4. The average Bonchev–Trinajstić information content (AvgIpc) is 2.28. The van der Waals surface area contributed by atoms with Crippen molar-refractivity contribution in [1.29, 1.82) is 0 Å². The molecule has 6 nitrogen and oxygen atoms in total. The van der Waals surface area contributed by atoms with Crippen LogP contribution in [0.3, 0.4) is 0 Å². The summed E-state index contributed by atoms with van der Waals surface area (Å²) in [5.41, 5.74) is 0. The Bertz CT molecular complexity index is 321. The topological polar surface area (TPSA) is 78.9 Å². The molecule has 0 atom stereocenters. The molecule has 0 rings (SSSR count). The molecule has 0 saturated carbocycles. The second-order valence-electron chi connectivity index (χ2n) is 4.06. The van der Waals surface area contributed by atoms with E-state index in [9.17, 15) is 14.4 Å². The van der Waals surface area contributed by atoms with Crippen LogP contribution >= 0.6 is 0 Å². The van der Waals surface area contributed by atoms with E-state index in [2.05, 4.69) is 0 Å². The van der Waals surface area contributed by atoms with Crippen LogP contribution in [0.1, 0.15) is 34.6 Å². The summed E-state index contributed by atoms with van der Waals surface area (Å²) < 4.78 is 16.2. The molecule has 0 aliphatic rings. The van der Waals surface area contributed by atoms with Gasteiger partial charge in [0.05, 0.1) is 12.5 Å². The zero-order valence-electron chi connectivity index (χ0n) is 12.1. The Morgan fingerprint density at radius 2 is 1.32 bits per heavy atom. The smallest absolute Gasteiger partial charge is 0.369 e. The summed E-state index contributed by atoms with van der Waals surface area (Å²) in [6.45, 7) is 7.74. The Morgan fingerprint density at radius 3 is 1.58 bits per heavy atom. The van der Waals surface area contributed by atoms with Crippen molar-refractivity contribution < 1.29 is 27.7 Å². The lowest BCUT2D eigenvalue weighted by molar-refractivity contribution is -0.133. The molecule has 0 fully saturated rings. The van der Waals surface area contributed by atoms with Gasteiger partial charge < -0.3 is 13.3 Å². The third-order valence-electron chi connectivity index (χ3n) is 2.52. The van der Waals surface area contributed by atoms with Crippen LogP contribution in [0.15, 0.2) is 0 Å². The molecule has 0 radical (unpaired) electrons. The predicted molar refractivity (Wildman–Crippen MR) is 70.5 cm³/mol. The highest BCUT2D eigenvalue weighted by Crippen LogP contribution is 2.14. The Morgan fingerprint density at radius 1 is 0.895 bits per heavy atom. The molecule has 0 N–H and O–H groups in total. The van der Waals surface area contributed by atoms with Crippen LogP contribution in [0, 0.1) is 5.92 Å².